The van der Waals surface area contributed by atoms with Crippen LogP contribution in [-0.2, 0) is 11.8 Å². The highest BCUT2D eigenvalue weighted by molar-refractivity contribution is 5.87. The summed E-state index contributed by atoms with van der Waals surface area (Å²) in [6, 6.07) is 8.38. The minimum atomic E-state index is -0.500. The summed E-state index contributed by atoms with van der Waals surface area (Å²) in [5, 5.41) is 8.57. The Bertz CT molecular complexity index is 728. The Morgan fingerprint density at radius 2 is 2.12 bits per heavy atom. The van der Waals surface area contributed by atoms with E-state index in [9.17, 15) is 9.59 Å². The first kappa shape index (κ1) is 17.0. The van der Waals surface area contributed by atoms with Crippen LogP contribution in [-0.4, -0.2) is 34.1 Å². The number of aromatic nitrogens is 2. The van der Waals surface area contributed by atoms with E-state index in [1.807, 2.05) is 48.1 Å². The molecule has 1 aromatic heterocycles. The number of urea groups is 1. The van der Waals surface area contributed by atoms with Gasteiger partial charge >= 0.3 is 6.03 Å². The Morgan fingerprint density at radius 1 is 1.32 bits per heavy atom. The number of benzene rings is 1. The molecule has 1 aromatic carbocycles. The third-order valence-electron chi connectivity index (χ3n) is 4.37. The molecule has 7 heteroatoms. The van der Waals surface area contributed by atoms with Gasteiger partial charge in [-0.2, -0.15) is 0 Å². The number of hydrogen-bond donors (Lipinski definition) is 3. The molecule has 2 aromatic rings. The Morgan fingerprint density at radius 3 is 2.84 bits per heavy atom. The number of imidazole rings is 1. The summed E-state index contributed by atoms with van der Waals surface area (Å²) < 4.78 is 1.87. The number of carbonyl (C=O) groups is 2. The zero-order valence-corrected chi connectivity index (χ0v) is 14.2. The molecule has 2 heterocycles. The Balaban J connectivity index is 1.75. The number of amides is 3. The van der Waals surface area contributed by atoms with Gasteiger partial charge in [0.2, 0.25) is 5.91 Å². The van der Waals surface area contributed by atoms with E-state index in [1.54, 1.807) is 6.20 Å². The predicted molar refractivity (Wildman–Crippen MR) is 93.8 cm³/mol. The molecule has 1 aliphatic rings. The van der Waals surface area contributed by atoms with Crippen LogP contribution < -0.4 is 16.0 Å². The standard InChI is InChI=1S/C18H23N5O2/c1-23-12-11-19-16(23)15(13-7-3-2-4-8-13)22-18(25)21-14-9-5-6-10-20-17(14)24/h2-4,7-8,11-12,14-15H,5-6,9-10H2,1H3,(H,20,24)(H2,21,22,25)/t14-,15-/m1/s1. The van der Waals surface area contributed by atoms with Gasteiger partial charge in [0.25, 0.3) is 0 Å². The molecule has 3 N–H and O–H groups in total. The summed E-state index contributed by atoms with van der Waals surface area (Å²) in [4.78, 5) is 28.9. The average molecular weight is 341 g/mol. The molecule has 0 saturated carbocycles. The molecule has 0 bridgehead atoms. The molecule has 0 aliphatic carbocycles. The lowest BCUT2D eigenvalue weighted by molar-refractivity contribution is -0.122. The normalized spacial score (nSPS) is 18.8. The molecule has 1 fully saturated rings. The summed E-state index contributed by atoms with van der Waals surface area (Å²) in [7, 11) is 1.89. The van der Waals surface area contributed by atoms with Crippen molar-refractivity contribution in [2.24, 2.45) is 7.05 Å². The SMILES string of the molecule is Cn1ccnc1[C@H](NC(=O)N[C@@H]1CCCCNC1=O)c1ccccc1. The van der Waals surface area contributed by atoms with Crippen molar-refractivity contribution in [2.75, 3.05) is 6.54 Å². The van der Waals surface area contributed by atoms with E-state index >= 15 is 0 Å². The highest BCUT2D eigenvalue weighted by atomic mass is 16.2. The lowest BCUT2D eigenvalue weighted by Crippen LogP contribution is -2.50. The first-order valence-corrected chi connectivity index (χ1v) is 8.52. The van der Waals surface area contributed by atoms with Gasteiger partial charge in [0.1, 0.15) is 17.9 Å². The number of aryl methyl sites for hydroxylation is 1. The Labute approximate surface area is 146 Å². The van der Waals surface area contributed by atoms with E-state index in [4.69, 9.17) is 0 Å². The van der Waals surface area contributed by atoms with Gasteiger partial charge in [0.05, 0.1) is 0 Å². The highest BCUT2D eigenvalue weighted by Crippen LogP contribution is 2.20. The Kier molecular flexibility index (Phi) is 5.33. The zero-order valence-electron chi connectivity index (χ0n) is 14.2. The van der Waals surface area contributed by atoms with E-state index < -0.39 is 12.1 Å². The maximum atomic E-state index is 12.5. The molecule has 0 radical (unpaired) electrons. The second-order valence-electron chi connectivity index (χ2n) is 6.20. The summed E-state index contributed by atoms with van der Waals surface area (Å²) in [5.41, 5.74) is 0.928. The molecule has 0 spiro atoms. The third kappa shape index (κ3) is 4.17. The molecule has 3 amide bonds. The minimum absolute atomic E-state index is 0.124. The zero-order chi connectivity index (χ0) is 17.6. The Hall–Kier alpha value is -2.83. The molecule has 3 rings (SSSR count). The third-order valence-corrected chi connectivity index (χ3v) is 4.37. The van der Waals surface area contributed by atoms with Crippen LogP contribution in [0, 0.1) is 0 Å². The fraction of sp³-hybridized carbons (Fsp3) is 0.389. The molecule has 2 atom stereocenters. The molecule has 25 heavy (non-hydrogen) atoms. The van der Waals surface area contributed by atoms with Gasteiger partial charge < -0.3 is 20.5 Å². The van der Waals surface area contributed by atoms with Gasteiger partial charge in [-0.25, -0.2) is 9.78 Å². The van der Waals surface area contributed by atoms with Crippen molar-refractivity contribution in [2.45, 2.75) is 31.3 Å². The molecule has 132 valence electrons. The van der Waals surface area contributed by atoms with Gasteiger partial charge in [0, 0.05) is 26.0 Å². The second-order valence-corrected chi connectivity index (χ2v) is 6.20. The maximum Gasteiger partial charge on any atom is 0.316 e. The fourth-order valence-corrected chi connectivity index (χ4v) is 3.01. The van der Waals surface area contributed by atoms with Crippen LogP contribution in [0.15, 0.2) is 42.7 Å². The largest absolute Gasteiger partial charge is 0.354 e. The highest BCUT2D eigenvalue weighted by Gasteiger charge is 2.25. The lowest BCUT2D eigenvalue weighted by Gasteiger charge is -2.21. The monoisotopic (exact) mass is 341 g/mol. The van der Waals surface area contributed by atoms with Gasteiger partial charge in [-0.3, -0.25) is 4.79 Å². The molecule has 7 nitrogen and oxygen atoms in total. The van der Waals surface area contributed by atoms with Gasteiger partial charge in [-0.05, 0) is 24.8 Å². The van der Waals surface area contributed by atoms with Crippen LogP contribution in [0.5, 0.6) is 0 Å². The van der Waals surface area contributed by atoms with Crippen molar-refractivity contribution >= 4 is 11.9 Å². The topological polar surface area (TPSA) is 88.1 Å². The van der Waals surface area contributed by atoms with Gasteiger partial charge in [-0.1, -0.05) is 30.3 Å². The molecular formula is C18H23N5O2. The molecular weight excluding hydrogens is 318 g/mol. The van der Waals surface area contributed by atoms with Crippen molar-refractivity contribution in [1.82, 2.24) is 25.5 Å². The molecule has 1 aliphatic heterocycles. The van der Waals surface area contributed by atoms with E-state index in [1.165, 1.54) is 0 Å². The molecule has 0 unspecified atom stereocenters. The number of rotatable bonds is 4. The van der Waals surface area contributed by atoms with E-state index in [0.29, 0.717) is 13.0 Å². The average Bonchev–Trinajstić information content (AvgIpc) is 2.94. The first-order valence-electron chi connectivity index (χ1n) is 8.52. The maximum absolute atomic E-state index is 12.5. The van der Waals surface area contributed by atoms with Crippen LogP contribution in [0.2, 0.25) is 0 Å². The second kappa shape index (κ2) is 7.83. The smallest absolute Gasteiger partial charge is 0.316 e. The van der Waals surface area contributed by atoms with Crippen molar-refractivity contribution in [3.63, 3.8) is 0 Å². The van der Waals surface area contributed by atoms with Crippen molar-refractivity contribution in [3.05, 3.63) is 54.1 Å². The summed E-state index contributed by atoms with van der Waals surface area (Å²) in [5.74, 6) is 0.604. The number of hydrogen-bond acceptors (Lipinski definition) is 3. The predicted octanol–water partition coefficient (Wildman–Crippen LogP) is 1.48. The van der Waals surface area contributed by atoms with Gasteiger partial charge in [-0.15, -0.1) is 0 Å². The number of nitrogens with zero attached hydrogens (tertiary/aromatic N) is 2. The van der Waals surface area contributed by atoms with Crippen LogP contribution >= 0.6 is 0 Å². The van der Waals surface area contributed by atoms with Gasteiger partial charge in [0.15, 0.2) is 0 Å². The van der Waals surface area contributed by atoms with E-state index in [2.05, 4.69) is 20.9 Å². The summed E-state index contributed by atoms with van der Waals surface area (Å²) >= 11 is 0. The summed E-state index contributed by atoms with van der Waals surface area (Å²) in [6.45, 7) is 0.665. The molecule has 1 saturated heterocycles. The van der Waals surface area contributed by atoms with Crippen molar-refractivity contribution in [1.29, 1.82) is 0 Å². The van der Waals surface area contributed by atoms with Crippen LogP contribution in [0.25, 0.3) is 0 Å². The van der Waals surface area contributed by atoms with E-state index in [0.717, 1.165) is 24.2 Å². The van der Waals surface area contributed by atoms with E-state index in [-0.39, 0.29) is 11.9 Å². The summed E-state index contributed by atoms with van der Waals surface area (Å²) in [6.07, 6.45) is 6.03. The number of nitrogens with one attached hydrogen (secondary N) is 3. The number of carbonyl (C=O) groups excluding carboxylic acids is 2. The minimum Gasteiger partial charge on any atom is -0.354 e. The van der Waals surface area contributed by atoms with Crippen LogP contribution in [0.4, 0.5) is 4.79 Å². The van der Waals surface area contributed by atoms with Crippen LogP contribution in [0.1, 0.15) is 36.7 Å². The lowest BCUT2D eigenvalue weighted by atomic mass is 10.1. The van der Waals surface area contributed by atoms with Crippen molar-refractivity contribution in [3.8, 4) is 0 Å². The quantitative estimate of drug-likeness (QED) is 0.787. The fourth-order valence-electron chi connectivity index (χ4n) is 3.01. The first-order chi connectivity index (χ1) is 12.1. The van der Waals surface area contributed by atoms with Crippen molar-refractivity contribution < 1.29 is 9.59 Å². The van der Waals surface area contributed by atoms with Crippen LogP contribution in [0.3, 0.4) is 0 Å².